The van der Waals surface area contributed by atoms with Crippen LogP contribution in [0, 0.1) is 6.92 Å². The number of methoxy groups -OCH3 is 1. The number of thioether (sulfide) groups is 1. The van der Waals surface area contributed by atoms with Gasteiger partial charge in [-0.15, -0.1) is 10.2 Å². The molecule has 0 atom stereocenters. The number of rotatable bonds is 8. The third-order valence-electron chi connectivity index (χ3n) is 5.07. The molecular weight excluding hydrogens is 491 g/mol. The maximum Gasteiger partial charge on any atom is 0.251 e. The molecular formula is C25H22Cl2N4O2S. The molecule has 0 aliphatic rings. The second-order valence-corrected chi connectivity index (χ2v) is 9.30. The Morgan fingerprint density at radius 3 is 2.59 bits per heavy atom. The van der Waals surface area contributed by atoms with Crippen LogP contribution in [0.4, 0.5) is 0 Å². The fourth-order valence-corrected chi connectivity index (χ4v) is 4.69. The molecule has 174 valence electrons. The lowest BCUT2D eigenvalue weighted by atomic mass is 10.1. The number of carbonyl (C=O) groups is 1. The van der Waals surface area contributed by atoms with Crippen molar-refractivity contribution in [3.05, 3.63) is 99.3 Å². The predicted molar refractivity (Wildman–Crippen MR) is 136 cm³/mol. The minimum absolute atomic E-state index is 0.179. The largest absolute Gasteiger partial charge is 0.497 e. The van der Waals surface area contributed by atoms with Crippen LogP contribution >= 0.6 is 35.0 Å². The monoisotopic (exact) mass is 512 g/mol. The highest BCUT2D eigenvalue weighted by Crippen LogP contribution is 2.31. The highest BCUT2D eigenvalue weighted by molar-refractivity contribution is 7.98. The Labute approximate surface area is 212 Å². The zero-order valence-corrected chi connectivity index (χ0v) is 20.9. The first-order valence-electron chi connectivity index (χ1n) is 10.4. The normalized spacial score (nSPS) is 10.8. The summed E-state index contributed by atoms with van der Waals surface area (Å²) in [6, 6.07) is 20.5. The number of halogens is 2. The lowest BCUT2D eigenvalue weighted by molar-refractivity contribution is 0.0949. The van der Waals surface area contributed by atoms with Crippen LogP contribution in [0.5, 0.6) is 5.75 Å². The predicted octanol–water partition coefficient (Wildman–Crippen LogP) is 6.11. The van der Waals surface area contributed by atoms with Gasteiger partial charge in [-0.25, -0.2) is 0 Å². The van der Waals surface area contributed by atoms with E-state index in [9.17, 15) is 4.79 Å². The van der Waals surface area contributed by atoms with E-state index >= 15 is 0 Å². The molecule has 0 aliphatic carbocycles. The number of carbonyl (C=O) groups excluding carboxylic acids is 1. The molecule has 6 nitrogen and oxygen atoms in total. The highest BCUT2D eigenvalue weighted by atomic mass is 35.5. The number of amides is 1. The molecule has 0 bridgehead atoms. The minimum Gasteiger partial charge on any atom is -0.497 e. The van der Waals surface area contributed by atoms with E-state index in [1.54, 1.807) is 31.4 Å². The van der Waals surface area contributed by atoms with Crippen molar-refractivity contribution in [1.29, 1.82) is 0 Å². The fourth-order valence-electron chi connectivity index (χ4n) is 3.29. The number of ether oxygens (including phenoxy) is 1. The van der Waals surface area contributed by atoms with Crippen molar-refractivity contribution in [3.63, 3.8) is 0 Å². The molecule has 4 aromatic rings. The van der Waals surface area contributed by atoms with Gasteiger partial charge in [0.25, 0.3) is 5.91 Å². The number of aromatic nitrogens is 3. The average molecular weight is 513 g/mol. The lowest BCUT2D eigenvalue weighted by Gasteiger charge is -2.13. The topological polar surface area (TPSA) is 69.0 Å². The first-order valence-corrected chi connectivity index (χ1v) is 12.2. The van der Waals surface area contributed by atoms with Crippen LogP contribution in [0.1, 0.15) is 27.3 Å². The van der Waals surface area contributed by atoms with Crippen LogP contribution in [0.15, 0.2) is 71.9 Å². The van der Waals surface area contributed by atoms with Crippen LogP contribution in [0.25, 0.3) is 5.69 Å². The van der Waals surface area contributed by atoms with Gasteiger partial charge in [-0.2, -0.15) is 0 Å². The quantitative estimate of drug-likeness (QED) is 0.288. The van der Waals surface area contributed by atoms with Crippen LogP contribution in [-0.2, 0) is 12.3 Å². The average Bonchev–Trinajstić information content (AvgIpc) is 3.24. The van der Waals surface area contributed by atoms with Gasteiger partial charge in [-0.05, 0) is 55.0 Å². The van der Waals surface area contributed by atoms with Crippen molar-refractivity contribution in [1.82, 2.24) is 20.1 Å². The zero-order valence-electron chi connectivity index (χ0n) is 18.6. The Kier molecular flexibility index (Phi) is 7.77. The summed E-state index contributed by atoms with van der Waals surface area (Å²) in [6.45, 7) is 2.16. The summed E-state index contributed by atoms with van der Waals surface area (Å²) in [5.74, 6) is 1.80. The number of hydrogen-bond donors (Lipinski definition) is 1. The van der Waals surface area contributed by atoms with E-state index in [4.69, 9.17) is 27.9 Å². The molecule has 0 spiro atoms. The fraction of sp³-hybridized carbons (Fsp3) is 0.160. The maximum absolute atomic E-state index is 12.6. The van der Waals surface area contributed by atoms with Crippen LogP contribution < -0.4 is 10.1 Å². The first-order chi connectivity index (χ1) is 16.4. The molecule has 0 saturated heterocycles. The van der Waals surface area contributed by atoms with E-state index in [0.29, 0.717) is 38.0 Å². The molecule has 1 aromatic heterocycles. The Bertz CT molecular complexity index is 1310. The second-order valence-electron chi connectivity index (χ2n) is 7.52. The molecule has 0 radical (unpaired) electrons. The molecule has 1 heterocycles. The van der Waals surface area contributed by atoms with Crippen LogP contribution in [0.2, 0.25) is 10.0 Å². The highest BCUT2D eigenvalue weighted by Gasteiger charge is 2.18. The second kappa shape index (κ2) is 11.0. The third kappa shape index (κ3) is 5.73. The number of nitrogens with zero attached hydrogens (tertiary/aromatic N) is 3. The standard InChI is InChI=1S/C25H22Cl2N4O2S/c1-16-6-8-18(9-7-16)24(32)28-14-23-29-30-25(31(23)22-11-10-19(26)13-21(22)27)34-15-17-4-3-5-20(12-17)33-2/h3-13H,14-15H2,1-2H3,(H,28,32). The van der Waals surface area contributed by atoms with Crippen molar-refractivity contribution in [2.45, 2.75) is 24.4 Å². The summed E-state index contributed by atoms with van der Waals surface area (Å²) in [7, 11) is 1.64. The number of aryl methyl sites for hydroxylation is 1. The van der Waals surface area contributed by atoms with Crippen LogP contribution in [0.3, 0.4) is 0 Å². The summed E-state index contributed by atoms with van der Waals surface area (Å²) in [6.07, 6.45) is 0. The molecule has 0 unspecified atom stereocenters. The van der Waals surface area contributed by atoms with Gasteiger partial charge >= 0.3 is 0 Å². The molecule has 34 heavy (non-hydrogen) atoms. The Balaban J connectivity index is 1.60. The molecule has 0 aliphatic heterocycles. The van der Waals surface area contributed by atoms with E-state index in [1.165, 1.54) is 11.8 Å². The summed E-state index contributed by atoms with van der Waals surface area (Å²) >= 11 is 14.1. The Morgan fingerprint density at radius 2 is 1.85 bits per heavy atom. The third-order valence-corrected chi connectivity index (χ3v) is 6.61. The SMILES string of the molecule is COc1cccc(CSc2nnc(CNC(=O)c3ccc(C)cc3)n2-c2ccc(Cl)cc2Cl)c1. The van der Waals surface area contributed by atoms with Crippen molar-refractivity contribution in [2.75, 3.05) is 7.11 Å². The number of hydrogen-bond acceptors (Lipinski definition) is 5. The van der Waals surface area contributed by atoms with Gasteiger partial charge in [0.2, 0.25) is 0 Å². The summed E-state index contributed by atoms with van der Waals surface area (Å²) < 4.78 is 7.16. The van der Waals surface area contributed by atoms with Gasteiger partial charge in [-0.3, -0.25) is 9.36 Å². The molecule has 1 amide bonds. The number of nitrogens with one attached hydrogen (secondary N) is 1. The van der Waals surface area contributed by atoms with Gasteiger partial charge in [0.1, 0.15) is 5.75 Å². The zero-order chi connectivity index (χ0) is 24.1. The van der Waals surface area contributed by atoms with Gasteiger partial charge in [0, 0.05) is 16.3 Å². The van der Waals surface area contributed by atoms with Crippen molar-refractivity contribution in [2.24, 2.45) is 0 Å². The van der Waals surface area contributed by atoms with Crippen molar-refractivity contribution < 1.29 is 9.53 Å². The molecule has 0 saturated carbocycles. The van der Waals surface area contributed by atoms with Gasteiger partial charge in [0.05, 0.1) is 24.4 Å². The molecule has 1 N–H and O–H groups in total. The van der Waals surface area contributed by atoms with Gasteiger partial charge in [-0.1, -0.05) is 64.8 Å². The molecule has 9 heteroatoms. The summed E-state index contributed by atoms with van der Waals surface area (Å²) in [5, 5.41) is 13.3. The van der Waals surface area contributed by atoms with E-state index < -0.39 is 0 Å². The van der Waals surface area contributed by atoms with E-state index in [-0.39, 0.29) is 12.5 Å². The molecule has 3 aromatic carbocycles. The van der Waals surface area contributed by atoms with Gasteiger partial charge in [0.15, 0.2) is 11.0 Å². The minimum atomic E-state index is -0.192. The maximum atomic E-state index is 12.6. The van der Waals surface area contributed by atoms with Crippen molar-refractivity contribution >= 4 is 40.9 Å². The smallest absolute Gasteiger partial charge is 0.251 e. The molecule has 4 rings (SSSR count). The van der Waals surface area contributed by atoms with E-state index in [0.717, 1.165) is 16.9 Å². The van der Waals surface area contributed by atoms with E-state index in [2.05, 4.69) is 15.5 Å². The molecule has 0 fully saturated rings. The summed E-state index contributed by atoms with van der Waals surface area (Å²) in [4.78, 5) is 12.6. The lowest BCUT2D eigenvalue weighted by Crippen LogP contribution is -2.24. The first kappa shape index (κ1) is 24.1. The number of benzene rings is 3. The Morgan fingerprint density at radius 1 is 1.06 bits per heavy atom. The van der Waals surface area contributed by atoms with Crippen molar-refractivity contribution in [3.8, 4) is 11.4 Å². The van der Waals surface area contributed by atoms with E-state index in [1.807, 2.05) is 54.0 Å². The Hall–Kier alpha value is -3.00. The van der Waals surface area contributed by atoms with Gasteiger partial charge < -0.3 is 10.1 Å². The summed E-state index contributed by atoms with van der Waals surface area (Å²) in [5.41, 5.74) is 3.43. The van der Waals surface area contributed by atoms with Crippen LogP contribution in [-0.4, -0.2) is 27.8 Å².